The van der Waals surface area contributed by atoms with Crippen LogP contribution < -0.4 is 5.32 Å². The van der Waals surface area contributed by atoms with Crippen molar-refractivity contribution in [3.8, 4) is 0 Å². The van der Waals surface area contributed by atoms with Gasteiger partial charge in [-0.2, -0.15) is 0 Å². The van der Waals surface area contributed by atoms with Crippen LogP contribution in [0.5, 0.6) is 0 Å². The molecule has 1 aromatic rings. The summed E-state index contributed by atoms with van der Waals surface area (Å²) >= 11 is 0. The number of methoxy groups -OCH3 is 1. The van der Waals surface area contributed by atoms with Crippen LogP contribution >= 0.6 is 0 Å². The predicted octanol–water partition coefficient (Wildman–Crippen LogP) is -0.199. The van der Waals surface area contributed by atoms with Gasteiger partial charge in [0.05, 0.1) is 6.10 Å². The first-order chi connectivity index (χ1) is 12.6. The van der Waals surface area contributed by atoms with E-state index in [2.05, 4.69) is 10.3 Å². The Labute approximate surface area is 151 Å². The number of nitrogens with zero attached hydrogens (tertiary/aromatic N) is 3. The minimum Gasteiger partial charge on any atom is -0.380 e. The lowest BCUT2D eigenvalue weighted by atomic mass is 9.92. The Balaban J connectivity index is 1.45. The van der Waals surface area contributed by atoms with Crippen molar-refractivity contribution in [3.05, 3.63) is 30.1 Å². The van der Waals surface area contributed by atoms with E-state index in [0.29, 0.717) is 37.9 Å². The van der Waals surface area contributed by atoms with Crippen LogP contribution in [0.15, 0.2) is 24.5 Å². The van der Waals surface area contributed by atoms with Crippen molar-refractivity contribution in [3.63, 3.8) is 0 Å². The second-order valence-electron chi connectivity index (χ2n) is 7.08. The standard InChI is InChI=1S/C18H22N4O4/c1-26-13-9-15-17(24)21-7-4-12(8-14(21)18(25)22(15)10-13)20-16(23)11-2-5-19-6-3-11/h2-3,5-6,12-15H,4,7-10H2,1H3,(H,20,23). The largest absolute Gasteiger partial charge is 0.380 e. The number of carbonyl (C=O) groups excluding carboxylic acids is 3. The van der Waals surface area contributed by atoms with E-state index in [-0.39, 0.29) is 29.9 Å². The van der Waals surface area contributed by atoms with Gasteiger partial charge in [0, 0.05) is 50.6 Å². The number of carbonyl (C=O) groups is 3. The maximum atomic E-state index is 12.9. The van der Waals surface area contributed by atoms with Gasteiger partial charge in [0.15, 0.2) is 0 Å². The fourth-order valence-corrected chi connectivity index (χ4v) is 4.20. The summed E-state index contributed by atoms with van der Waals surface area (Å²) in [5.41, 5.74) is 0.538. The molecule has 4 rings (SSSR count). The minimum absolute atomic E-state index is 0.00746. The summed E-state index contributed by atoms with van der Waals surface area (Å²) in [5.74, 6) is -0.205. The average molecular weight is 358 g/mol. The summed E-state index contributed by atoms with van der Waals surface area (Å²) in [6.07, 6.45) is 4.71. The van der Waals surface area contributed by atoms with Gasteiger partial charge in [-0.15, -0.1) is 0 Å². The van der Waals surface area contributed by atoms with Crippen LogP contribution in [0.1, 0.15) is 29.6 Å². The fourth-order valence-electron chi connectivity index (χ4n) is 4.20. The van der Waals surface area contributed by atoms with Gasteiger partial charge in [0.1, 0.15) is 12.1 Å². The van der Waals surface area contributed by atoms with Crippen molar-refractivity contribution in [2.24, 2.45) is 0 Å². The topological polar surface area (TPSA) is 91.8 Å². The van der Waals surface area contributed by atoms with Crippen LogP contribution in [0, 0.1) is 0 Å². The number of ether oxygens (including phenoxy) is 1. The number of fused-ring (bicyclic) bond motifs is 2. The number of pyridine rings is 1. The number of hydrogen-bond acceptors (Lipinski definition) is 5. The molecular formula is C18H22N4O4. The maximum absolute atomic E-state index is 12.9. The quantitative estimate of drug-likeness (QED) is 0.808. The minimum atomic E-state index is -0.495. The monoisotopic (exact) mass is 358 g/mol. The number of piperidine rings is 1. The molecule has 8 nitrogen and oxygen atoms in total. The van der Waals surface area contributed by atoms with Crippen LogP contribution in [-0.2, 0) is 14.3 Å². The second kappa shape index (κ2) is 6.68. The van der Waals surface area contributed by atoms with Gasteiger partial charge in [0.25, 0.3) is 5.91 Å². The van der Waals surface area contributed by atoms with Crippen molar-refractivity contribution in [2.45, 2.75) is 43.5 Å². The molecule has 0 bridgehead atoms. The third kappa shape index (κ3) is 2.84. The van der Waals surface area contributed by atoms with Gasteiger partial charge in [0.2, 0.25) is 11.8 Å². The molecule has 4 heterocycles. The molecule has 3 amide bonds. The lowest BCUT2D eigenvalue weighted by molar-refractivity contribution is -0.161. The Kier molecular flexibility index (Phi) is 4.36. The van der Waals surface area contributed by atoms with Gasteiger partial charge in [-0.3, -0.25) is 19.4 Å². The molecular weight excluding hydrogens is 336 g/mol. The van der Waals surface area contributed by atoms with Crippen LogP contribution in [0.4, 0.5) is 0 Å². The normalized spacial score (nSPS) is 30.8. The highest BCUT2D eigenvalue weighted by atomic mass is 16.5. The van der Waals surface area contributed by atoms with E-state index in [1.54, 1.807) is 41.4 Å². The number of nitrogens with one attached hydrogen (secondary N) is 1. The summed E-state index contributed by atoms with van der Waals surface area (Å²) in [6, 6.07) is 2.28. The molecule has 3 aliphatic heterocycles. The Hall–Kier alpha value is -2.48. The summed E-state index contributed by atoms with van der Waals surface area (Å²) in [6.45, 7) is 0.947. The molecule has 26 heavy (non-hydrogen) atoms. The molecule has 138 valence electrons. The number of piperazine rings is 1. The highest BCUT2D eigenvalue weighted by Crippen LogP contribution is 2.32. The molecule has 1 N–H and O–H groups in total. The van der Waals surface area contributed by atoms with E-state index in [1.807, 2.05) is 0 Å². The Morgan fingerprint density at radius 1 is 1.15 bits per heavy atom. The number of rotatable bonds is 3. The summed E-state index contributed by atoms with van der Waals surface area (Å²) in [7, 11) is 1.61. The first-order valence-corrected chi connectivity index (χ1v) is 8.93. The van der Waals surface area contributed by atoms with Crippen molar-refractivity contribution in [2.75, 3.05) is 20.2 Å². The van der Waals surface area contributed by atoms with Crippen LogP contribution in [0.2, 0.25) is 0 Å². The molecule has 3 fully saturated rings. The molecule has 1 aromatic heterocycles. The molecule has 4 unspecified atom stereocenters. The molecule has 3 saturated heterocycles. The lowest BCUT2D eigenvalue weighted by Gasteiger charge is -2.46. The third-order valence-electron chi connectivity index (χ3n) is 5.61. The first kappa shape index (κ1) is 17.0. The fraction of sp³-hybridized carbons (Fsp3) is 0.556. The molecule has 3 aliphatic rings. The van der Waals surface area contributed by atoms with Gasteiger partial charge >= 0.3 is 0 Å². The third-order valence-corrected chi connectivity index (χ3v) is 5.61. The summed E-state index contributed by atoms with van der Waals surface area (Å²) in [4.78, 5) is 45.3. The maximum Gasteiger partial charge on any atom is 0.251 e. The second-order valence-corrected chi connectivity index (χ2v) is 7.08. The first-order valence-electron chi connectivity index (χ1n) is 8.93. The molecule has 0 aromatic carbocycles. The van der Waals surface area contributed by atoms with Gasteiger partial charge < -0.3 is 19.9 Å². The summed E-state index contributed by atoms with van der Waals surface area (Å²) < 4.78 is 5.35. The van der Waals surface area contributed by atoms with Crippen LogP contribution in [0.3, 0.4) is 0 Å². The zero-order valence-electron chi connectivity index (χ0n) is 14.6. The molecule has 0 radical (unpaired) electrons. The number of hydrogen-bond donors (Lipinski definition) is 1. The molecule has 0 saturated carbocycles. The van der Waals surface area contributed by atoms with E-state index >= 15 is 0 Å². The van der Waals surface area contributed by atoms with Crippen molar-refractivity contribution < 1.29 is 19.1 Å². The van der Waals surface area contributed by atoms with E-state index in [9.17, 15) is 14.4 Å². The lowest BCUT2D eigenvalue weighted by Crippen LogP contribution is -2.66. The summed E-state index contributed by atoms with van der Waals surface area (Å²) in [5, 5.41) is 2.98. The van der Waals surface area contributed by atoms with Crippen LogP contribution in [0.25, 0.3) is 0 Å². The molecule has 0 aliphatic carbocycles. The molecule has 0 spiro atoms. The smallest absolute Gasteiger partial charge is 0.251 e. The number of amides is 3. The number of aromatic nitrogens is 1. The van der Waals surface area contributed by atoms with E-state index < -0.39 is 12.1 Å². The van der Waals surface area contributed by atoms with Gasteiger partial charge in [-0.05, 0) is 25.0 Å². The van der Waals surface area contributed by atoms with Crippen LogP contribution in [-0.4, -0.2) is 76.9 Å². The van der Waals surface area contributed by atoms with E-state index in [1.165, 1.54) is 0 Å². The highest BCUT2D eigenvalue weighted by molar-refractivity contribution is 5.98. The Morgan fingerprint density at radius 3 is 2.58 bits per heavy atom. The van der Waals surface area contributed by atoms with Crippen molar-refractivity contribution in [1.29, 1.82) is 0 Å². The highest BCUT2D eigenvalue weighted by Gasteiger charge is 2.52. The Morgan fingerprint density at radius 2 is 1.85 bits per heavy atom. The Bertz CT molecular complexity index is 725. The van der Waals surface area contributed by atoms with E-state index in [0.717, 1.165) is 0 Å². The zero-order chi connectivity index (χ0) is 18.3. The molecule has 8 heteroatoms. The molecule has 4 atom stereocenters. The van der Waals surface area contributed by atoms with Crippen molar-refractivity contribution >= 4 is 17.7 Å². The van der Waals surface area contributed by atoms with Crippen molar-refractivity contribution in [1.82, 2.24) is 20.1 Å². The van der Waals surface area contributed by atoms with E-state index in [4.69, 9.17) is 4.74 Å². The zero-order valence-corrected chi connectivity index (χ0v) is 14.6. The average Bonchev–Trinajstić information content (AvgIpc) is 3.12. The van der Waals surface area contributed by atoms with Gasteiger partial charge in [-0.25, -0.2) is 0 Å². The SMILES string of the molecule is COC1CC2C(=O)N3CCC(NC(=O)c4ccncc4)CC3C(=O)N2C1. The van der Waals surface area contributed by atoms with Gasteiger partial charge in [-0.1, -0.05) is 0 Å². The predicted molar refractivity (Wildman–Crippen MR) is 91.1 cm³/mol.